The summed E-state index contributed by atoms with van der Waals surface area (Å²) in [5.74, 6) is 0.684. The summed E-state index contributed by atoms with van der Waals surface area (Å²) in [6.07, 6.45) is 0.101. The quantitative estimate of drug-likeness (QED) is 0.472. The van der Waals surface area contributed by atoms with Gasteiger partial charge in [-0.05, 0) is 49.2 Å². The molecule has 0 aliphatic carbocycles. The zero-order valence-corrected chi connectivity index (χ0v) is 11.3. The van der Waals surface area contributed by atoms with Gasteiger partial charge in [-0.1, -0.05) is 0 Å². The molecule has 0 radical (unpaired) electrons. The van der Waals surface area contributed by atoms with E-state index in [1.165, 1.54) is 12.1 Å². The van der Waals surface area contributed by atoms with Crippen molar-refractivity contribution in [1.29, 1.82) is 0 Å². The molecule has 0 heterocycles. The maximum absolute atomic E-state index is 10.5. The van der Waals surface area contributed by atoms with Crippen molar-refractivity contribution in [2.45, 2.75) is 24.8 Å². The van der Waals surface area contributed by atoms with Crippen molar-refractivity contribution in [3.8, 4) is 5.75 Å². The molecular formula is C9H11NaO3S. The molecule has 0 saturated heterocycles. The average molecular weight is 222 g/mol. The summed E-state index contributed by atoms with van der Waals surface area (Å²) in [7, 11) is 0. The Hall–Kier alpha value is 0.130. The Morgan fingerprint density at radius 3 is 2.14 bits per heavy atom. The van der Waals surface area contributed by atoms with Gasteiger partial charge in [0.2, 0.25) is 0 Å². The van der Waals surface area contributed by atoms with E-state index in [0.717, 1.165) is 0 Å². The van der Waals surface area contributed by atoms with Gasteiger partial charge < -0.3 is 9.29 Å². The Morgan fingerprint density at radius 1 is 1.29 bits per heavy atom. The number of hydrogen-bond donors (Lipinski definition) is 0. The SMILES string of the molecule is CC(C)Oc1ccc(S(=O)[O-])cc1.[Na+]. The second-order valence-corrected chi connectivity index (χ2v) is 3.81. The van der Waals surface area contributed by atoms with Crippen molar-refractivity contribution in [1.82, 2.24) is 0 Å². The van der Waals surface area contributed by atoms with E-state index < -0.39 is 11.1 Å². The molecule has 0 aromatic heterocycles. The van der Waals surface area contributed by atoms with Crippen molar-refractivity contribution < 1.29 is 43.1 Å². The molecule has 0 spiro atoms. The molecule has 0 bridgehead atoms. The Bertz CT molecular complexity index is 297. The van der Waals surface area contributed by atoms with Crippen LogP contribution in [0.1, 0.15) is 13.8 Å². The fraction of sp³-hybridized carbons (Fsp3) is 0.333. The predicted octanol–water partition coefficient (Wildman–Crippen LogP) is -1.28. The van der Waals surface area contributed by atoms with Crippen LogP contribution < -0.4 is 34.3 Å². The fourth-order valence-electron chi connectivity index (χ4n) is 0.901. The zero-order valence-electron chi connectivity index (χ0n) is 8.52. The van der Waals surface area contributed by atoms with Gasteiger partial charge in [0.25, 0.3) is 0 Å². The molecule has 14 heavy (non-hydrogen) atoms. The van der Waals surface area contributed by atoms with Crippen LogP contribution in [-0.4, -0.2) is 14.9 Å². The largest absolute Gasteiger partial charge is 1.00 e. The molecule has 0 aliphatic rings. The molecule has 1 unspecified atom stereocenters. The molecule has 1 atom stereocenters. The Kier molecular flexibility index (Phi) is 6.64. The van der Waals surface area contributed by atoms with Crippen LogP contribution in [0.3, 0.4) is 0 Å². The standard InChI is InChI=1S/C9H12O3S.Na/c1-7(2)12-8-3-5-9(6-4-8)13(10)11;/h3-7H,1-2H3,(H,10,11);/q;+1/p-1. The summed E-state index contributed by atoms with van der Waals surface area (Å²) < 4.78 is 26.3. The molecule has 1 aromatic rings. The van der Waals surface area contributed by atoms with E-state index in [0.29, 0.717) is 5.75 Å². The molecule has 1 aromatic carbocycles. The first kappa shape index (κ1) is 14.1. The molecule has 0 N–H and O–H groups in total. The minimum Gasteiger partial charge on any atom is -0.768 e. The molecule has 72 valence electrons. The maximum atomic E-state index is 10.5. The van der Waals surface area contributed by atoms with Crippen molar-refractivity contribution in [3.63, 3.8) is 0 Å². The summed E-state index contributed by atoms with van der Waals surface area (Å²) >= 11 is -2.16. The van der Waals surface area contributed by atoms with E-state index in [1.54, 1.807) is 12.1 Å². The average Bonchev–Trinajstić information content (AvgIpc) is 2.04. The summed E-state index contributed by atoms with van der Waals surface area (Å²) in [5, 5.41) is 0. The summed E-state index contributed by atoms with van der Waals surface area (Å²) in [5.41, 5.74) is 0. The summed E-state index contributed by atoms with van der Waals surface area (Å²) in [6.45, 7) is 3.83. The van der Waals surface area contributed by atoms with Crippen LogP contribution in [0.5, 0.6) is 5.75 Å². The first-order chi connectivity index (χ1) is 6.09. The number of rotatable bonds is 3. The van der Waals surface area contributed by atoms with Crippen LogP contribution in [0.25, 0.3) is 0 Å². The van der Waals surface area contributed by atoms with Gasteiger partial charge in [-0.3, -0.25) is 4.21 Å². The third-order valence-electron chi connectivity index (χ3n) is 1.39. The molecule has 1 rings (SSSR count). The Labute approximate surface area is 108 Å². The predicted molar refractivity (Wildman–Crippen MR) is 49.4 cm³/mol. The van der Waals surface area contributed by atoms with Crippen LogP contribution in [0, 0.1) is 0 Å². The second-order valence-electron chi connectivity index (χ2n) is 2.87. The topological polar surface area (TPSA) is 49.4 Å². The van der Waals surface area contributed by atoms with Gasteiger partial charge in [0.15, 0.2) is 0 Å². The molecule has 0 amide bonds. The first-order valence-electron chi connectivity index (χ1n) is 3.95. The van der Waals surface area contributed by atoms with Crippen LogP contribution in [0.15, 0.2) is 29.2 Å². The summed E-state index contributed by atoms with van der Waals surface area (Å²) in [6, 6.07) is 6.32. The third kappa shape index (κ3) is 4.57. The van der Waals surface area contributed by atoms with Gasteiger partial charge in [-0.15, -0.1) is 0 Å². The van der Waals surface area contributed by atoms with Crippen molar-refractivity contribution >= 4 is 11.1 Å². The maximum Gasteiger partial charge on any atom is 1.00 e. The summed E-state index contributed by atoms with van der Waals surface area (Å²) in [4.78, 5) is 0.274. The van der Waals surface area contributed by atoms with Gasteiger partial charge in [-0.2, -0.15) is 0 Å². The zero-order chi connectivity index (χ0) is 9.84. The van der Waals surface area contributed by atoms with E-state index in [4.69, 9.17) is 4.74 Å². The molecular weight excluding hydrogens is 211 g/mol. The molecule has 5 heteroatoms. The van der Waals surface area contributed by atoms with E-state index in [9.17, 15) is 8.76 Å². The minimum absolute atomic E-state index is 0. The van der Waals surface area contributed by atoms with Crippen LogP contribution in [0.2, 0.25) is 0 Å². The smallest absolute Gasteiger partial charge is 0.768 e. The van der Waals surface area contributed by atoms with Crippen LogP contribution in [-0.2, 0) is 11.1 Å². The number of benzene rings is 1. The second kappa shape index (κ2) is 6.58. The van der Waals surface area contributed by atoms with Gasteiger partial charge in [0.1, 0.15) is 5.75 Å². The van der Waals surface area contributed by atoms with Gasteiger partial charge in [0.05, 0.1) is 6.10 Å². The normalized spacial score (nSPS) is 12.0. The molecule has 3 nitrogen and oxygen atoms in total. The van der Waals surface area contributed by atoms with E-state index in [1.807, 2.05) is 13.8 Å². The monoisotopic (exact) mass is 222 g/mol. The molecule has 0 fully saturated rings. The van der Waals surface area contributed by atoms with Gasteiger partial charge in [0, 0.05) is 4.90 Å². The van der Waals surface area contributed by atoms with E-state index in [-0.39, 0.29) is 40.6 Å². The fourth-order valence-corrected chi connectivity index (χ4v) is 1.26. The molecule has 0 aliphatic heterocycles. The number of ether oxygens (including phenoxy) is 1. The van der Waals surface area contributed by atoms with Crippen LogP contribution in [0.4, 0.5) is 0 Å². The van der Waals surface area contributed by atoms with E-state index >= 15 is 0 Å². The van der Waals surface area contributed by atoms with Crippen molar-refractivity contribution in [2.24, 2.45) is 0 Å². The van der Waals surface area contributed by atoms with Gasteiger partial charge >= 0.3 is 29.6 Å². The first-order valence-corrected chi connectivity index (χ1v) is 5.03. The molecule has 0 saturated carbocycles. The Morgan fingerprint density at radius 2 is 1.79 bits per heavy atom. The van der Waals surface area contributed by atoms with Crippen molar-refractivity contribution in [3.05, 3.63) is 24.3 Å². The Balaban J connectivity index is 0.00000169. The van der Waals surface area contributed by atoms with E-state index in [2.05, 4.69) is 0 Å². The van der Waals surface area contributed by atoms with Crippen LogP contribution >= 0.6 is 0 Å². The number of hydrogen-bond acceptors (Lipinski definition) is 3. The minimum atomic E-state index is -2.16. The van der Waals surface area contributed by atoms with Gasteiger partial charge in [-0.25, -0.2) is 0 Å². The van der Waals surface area contributed by atoms with Crippen molar-refractivity contribution in [2.75, 3.05) is 0 Å². The third-order valence-corrected chi connectivity index (χ3v) is 2.05.